The van der Waals surface area contributed by atoms with E-state index in [1.54, 1.807) is 26.0 Å². The third-order valence-corrected chi connectivity index (χ3v) is 7.36. The fraction of sp³-hybridized carbons (Fsp3) is 0.174. The molecule has 1 aliphatic rings. The Morgan fingerprint density at radius 3 is 2.24 bits per heavy atom. The van der Waals surface area contributed by atoms with E-state index < -0.39 is 21.8 Å². The molecule has 0 spiro atoms. The summed E-state index contributed by atoms with van der Waals surface area (Å²) in [6.45, 7) is 7.09. The molecule has 2 N–H and O–H groups in total. The molecule has 11 heteroatoms. The fourth-order valence-corrected chi connectivity index (χ4v) is 4.62. The van der Waals surface area contributed by atoms with Gasteiger partial charge in [-0.2, -0.15) is 0 Å². The van der Waals surface area contributed by atoms with E-state index in [4.69, 9.17) is 16.1 Å². The lowest BCUT2D eigenvalue weighted by molar-refractivity contribution is -0.120. The number of carbonyl (C=O) groups is 2. The van der Waals surface area contributed by atoms with Gasteiger partial charge in [-0.3, -0.25) is 9.59 Å². The lowest BCUT2D eigenvalue weighted by Gasteiger charge is -2.18. The first kappa shape index (κ1) is 23.5. The molecule has 0 radical (unpaired) electrons. The maximum atomic E-state index is 13.0. The minimum atomic E-state index is -3.93. The lowest BCUT2D eigenvalue weighted by Crippen LogP contribution is -2.33. The van der Waals surface area contributed by atoms with Crippen LogP contribution >= 0.6 is 11.6 Å². The van der Waals surface area contributed by atoms with Gasteiger partial charge in [-0.1, -0.05) is 28.9 Å². The van der Waals surface area contributed by atoms with Crippen LogP contribution in [0, 0.1) is 27.7 Å². The zero-order valence-corrected chi connectivity index (χ0v) is 20.3. The van der Waals surface area contributed by atoms with Crippen molar-refractivity contribution >= 4 is 50.7 Å². The fourth-order valence-electron chi connectivity index (χ4n) is 3.36. The standard InChI is InChI=1S/C23H21ClN4O5S/c1-12-6-5-7-18(13(12)2)28-22(29)19(24)20(23(28)30)25-16-8-10-17(11-9-16)34(31,32)27-21-14(3)15(4)26-33-21/h5-11,25,27H,1-4H3. The Morgan fingerprint density at radius 1 is 0.941 bits per heavy atom. The van der Waals surface area contributed by atoms with Crippen molar-refractivity contribution in [3.8, 4) is 0 Å². The summed E-state index contributed by atoms with van der Waals surface area (Å²) in [7, 11) is -3.93. The molecule has 0 aliphatic carbocycles. The topological polar surface area (TPSA) is 122 Å². The second kappa shape index (κ2) is 8.62. The molecule has 0 unspecified atom stereocenters. The monoisotopic (exact) mass is 500 g/mol. The van der Waals surface area contributed by atoms with Gasteiger partial charge in [-0.25, -0.2) is 18.0 Å². The number of hydrogen-bond donors (Lipinski definition) is 2. The maximum absolute atomic E-state index is 13.0. The predicted molar refractivity (Wildman–Crippen MR) is 128 cm³/mol. The number of nitrogens with one attached hydrogen (secondary N) is 2. The second-order valence-corrected chi connectivity index (χ2v) is 9.89. The Kier molecular flexibility index (Phi) is 5.96. The molecule has 0 fully saturated rings. The van der Waals surface area contributed by atoms with Crippen molar-refractivity contribution in [1.29, 1.82) is 0 Å². The van der Waals surface area contributed by atoms with Crippen LogP contribution in [0.2, 0.25) is 0 Å². The van der Waals surface area contributed by atoms with Gasteiger partial charge in [0.15, 0.2) is 0 Å². The van der Waals surface area contributed by atoms with Gasteiger partial charge >= 0.3 is 0 Å². The second-order valence-electron chi connectivity index (χ2n) is 7.83. The summed E-state index contributed by atoms with van der Waals surface area (Å²) in [5, 5.41) is 6.32. The van der Waals surface area contributed by atoms with Crippen LogP contribution in [0.1, 0.15) is 22.4 Å². The van der Waals surface area contributed by atoms with E-state index in [1.165, 1.54) is 24.3 Å². The summed E-state index contributed by atoms with van der Waals surface area (Å²) < 4.78 is 32.7. The normalized spacial score (nSPS) is 14.2. The number of amides is 2. The highest BCUT2D eigenvalue weighted by Crippen LogP contribution is 2.33. The van der Waals surface area contributed by atoms with E-state index in [0.29, 0.717) is 22.6 Å². The molecule has 176 valence electrons. The summed E-state index contributed by atoms with van der Waals surface area (Å²) in [5.74, 6) is -1.19. The van der Waals surface area contributed by atoms with Crippen LogP contribution in [0.25, 0.3) is 0 Å². The number of aromatic nitrogens is 1. The van der Waals surface area contributed by atoms with Gasteiger partial charge in [-0.15, -0.1) is 0 Å². The maximum Gasteiger partial charge on any atom is 0.283 e. The third-order valence-electron chi connectivity index (χ3n) is 5.66. The first-order valence-corrected chi connectivity index (χ1v) is 12.0. The number of aryl methyl sites for hydroxylation is 2. The minimum absolute atomic E-state index is 0.0302. The number of carbonyl (C=O) groups excluding carboxylic acids is 2. The van der Waals surface area contributed by atoms with Gasteiger partial charge in [-0.05, 0) is 69.2 Å². The van der Waals surface area contributed by atoms with Crippen LogP contribution in [0.3, 0.4) is 0 Å². The van der Waals surface area contributed by atoms with Crippen LogP contribution in [-0.4, -0.2) is 25.4 Å². The number of hydrogen-bond acceptors (Lipinski definition) is 7. The number of anilines is 3. The van der Waals surface area contributed by atoms with E-state index in [-0.39, 0.29) is 21.5 Å². The highest BCUT2D eigenvalue weighted by atomic mass is 35.5. The van der Waals surface area contributed by atoms with Gasteiger partial charge in [0, 0.05) is 11.3 Å². The van der Waals surface area contributed by atoms with Crippen molar-refractivity contribution in [3.05, 3.63) is 75.6 Å². The molecule has 2 amide bonds. The Bertz CT molecular complexity index is 1460. The Morgan fingerprint density at radius 2 is 1.62 bits per heavy atom. The zero-order valence-electron chi connectivity index (χ0n) is 18.8. The van der Waals surface area contributed by atoms with Crippen molar-refractivity contribution in [2.45, 2.75) is 32.6 Å². The van der Waals surface area contributed by atoms with Crippen LogP contribution in [-0.2, 0) is 19.6 Å². The third kappa shape index (κ3) is 4.06. The predicted octanol–water partition coefficient (Wildman–Crippen LogP) is 4.14. The van der Waals surface area contributed by atoms with Crippen molar-refractivity contribution in [2.75, 3.05) is 14.9 Å². The molecule has 2 heterocycles. The zero-order chi connectivity index (χ0) is 24.8. The number of imide groups is 1. The molecule has 34 heavy (non-hydrogen) atoms. The summed E-state index contributed by atoms with van der Waals surface area (Å²) in [5.41, 5.74) is 3.62. The summed E-state index contributed by atoms with van der Waals surface area (Å²) >= 11 is 6.20. The van der Waals surface area contributed by atoms with Gasteiger partial charge in [0.25, 0.3) is 21.8 Å². The summed E-state index contributed by atoms with van der Waals surface area (Å²) in [6.07, 6.45) is 0. The Labute approximate surface area is 201 Å². The largest absolute Gasteiger partial charge is 0.350 e. The molecule has 2 aromatic carbocycles. The highest BCUT2D eigenvalue weighted by molar-refractivity contribution is 7.92. The SMILES string of the molecule is Cc1cccc(N2C(=O)C(Cl)=C(Nc3ccc(S(=O)(=O)Nc4onc(C)c4C)cc3)C2=O)c1C. The molecule has 3 aromatic rings. The average molecular weight is 501 g/mol. The molecule has 9 nitrogen and oxygen atoms in total. The number of halogens is 1. The van der Waals surface area contributed by atoms with Crippen molar-refractivity contribution in [1.82, 2.24) is 5.16 Å². The van der Waals surface area contributed by atoms with Crippen molar-refractivity contribution in [2.24, 2.45) is 0 Å². The first-order chi connectivity index (χ1) is 16.0. The van der Waals surface area contributed by atoms with Crippen molar-refractivity contribution in [3.63, 3.8) is 0 Å². The van der Waals surface area contributed by atoms with Crippen LogP contribution in [0.4, 0.5) is 17.3 Å². The molecule has 4 rings (SSSR count). The molecule has 0 bridgehead atoms. The molecule has 0 saturated carbocycles. The average Bonchev–Trinajstić information content (AvgIpc) is 3.21. The van der Waals surface area contributed by atoms with Gasteiger partial charge in [0.05, 0.1) is 16.3 Å². The molecule has 0 saturated heterocycles. The van der Waals surface area contributed by atoms with Gasteiger partial charge in [0.2, 0.25) is 5.88 Å². The quantitative estimate of drug-likeness (QED) is 0.487. The van der Waals surface area contributed by atoms with Crippen LogP contribution < -0.4 is 14.9 Å². The Balaban J connectivity index is 1.55. The van der Waals surface area contributed by atoms with E-state index in [9.17, 15) is 18.0 Å². The van der Waals surface area contributed by atoms with Crippen LogP contribution in [0.5, 0.6) is 0 Å². The molecular formula is C23H21ClN4O5S. The summed E-state index contributed by atoms with van der Waals surface area (Å²) in [4.78, 5) is 26.8. The minimum Gasteiger partial charge on any atom is -0.350 e. The van der Waals surface area contributed by atoms with Crippen molar-refractivity contribution < 1.29 is 22.5 Å². The van der Waals surface area contributed by atoms with E-state index in [1.807, 2.05) is 19.9 Å². The number of sulfonamides is 1. The van der Waals surface area contributed by atoms with E-state index in [2.05, 4.69) is 15.2 Å². The lowest BCUT2D eigenvalue weighted by atomic mass is 10.1. The molecule has 0 atom stereocenters. The van der Waals surface area contributed by atoms with E-state index in [0.717, 1.165) is 16.0 Å². The number of rotatable bonds is 6. The van der Waals surface area contributed by atoms with Crippen LogP contribution in [0.15, 0.2) is 62.6 Å². The summed E-state index contributed by atoms with van der Waals surface area (Å²) in [6, 6.07) is 10.9. The molecule has 1 aliphatic heterocycles. The molecule has 1 aromatic heterocycles. The van der Waals surface area contributed by atoms with Gasteiger partial charge < -0.3 is 9.84 Å². The van der Waals surface area contributed by atoms with E-state index >= 15 is 0 Å². The van der Waals surface area contributed by atoms with Gasteiger partial charge in [0.1, 0.15) is 10.7 Å². The highest BCUT2D eigenvalue weighted by Gasteiger charge is 2.39. The molecular weight excluding hydrogens is 480 g/mol. The number of nitrogens with zero attached hydrogens (tertiary/aromatic N) is 2. The first-order valence-electron chi connectivity index (χ1n) is 10.2. The number of benzene rings is 2. The smallest absolute Gasteiger partial charge is 0.283 e. The Hall–Kier alpha value is -3.63.